The quantitative estimate of drug-likeness (QED) is 0.623. The Hall–Kier alpha value is -2.83. The minimum atomic E-state index is 0.720. The maximum absolute atomic E-state index is 5.71. The fourth-order valence-electron chi connectivity index (χ4n) is 3.05. The summed E-state index contributed by atoms with van der Waals surface area (Å²) in [4.78, 5) is 17.6. The maximum atomic E-state index is 5.71. The Morgan fingerprint density at radius 1 is 1.15 bits per heavy atom. The van der Waals surface area contributed by atoms with Crippen molar-refractivity contribution in [3.8, 4) is 5.75 Å². The van der Waals surface area contributed by atoms with Crippen molar-refractivity contribution in [3.05, 3.63) is 48.3 Å². The summed E-state index contributed by atoms with van der Waals surface area (Å²) in [6.07, 6.45) is 4.58. The van der Waals surface area contributed by atoms with Gasteiger partial charge in [0.25, 0.3) is 0 Å². The molecule has 3 rings (SSSR count). The lowest BCUT2D eigenvalue weighted by atomic mass is 10.2. The van der Waals surface area contributed by atoms with Crippen molar-refractivity contribution in [2.24, 2.45) is 4.99 Å². The summed E-state index contributed by atoms with van der Waals surface area (Å²) in [7, 11) is 1.83. The molecule has 2 aromatic rings. The van der Waals surface area contributed by atoms with Crippen molar-refractivity contribution in [1.82, 2.24) is 20.2 Å². The first-order chi connectivity index (χ1) is 13.3. The lowest BCUT2D eigenvalue weighted by Gasteiger charge is -2.36. The molecule has 0 saturated carbocycles. The SMILES string of the molecule is CCCOc1cccc(CNC(=NC)N2CCN(c3ncccn3)CC2)c1. The third kappa shape index (κ3) is 5.32. The molecule has 0 unspecified atom stereocenters. The summed E-state index contributed by atoms with van der Waals surface area (Å²) in [5, 5.41) is 3.46. The number of piperazine rings is 1. The van der Waals surface area contributed by atoms with Gasteiger partial charge in [-0.1, -0.05) is 19.1 Å². The van der Waals surface area contributed by atoms with E-state index in [0.717, 1.165) is 63.4 Å². The number of aliphatic imine (C=N–C) groups is 1. The van der Waals surface area contributed by atoms with Gasteiger partial charge in [0.2, 0.25) is 5.95 Å². The average molecular weight is 368 g/mol. The van der Waals surface area contributed by atoms with Crippen LogP contribution in [-0.2, 0) is 6.54 Å². The molecule has 27 heavy (non-hydrogen) atoms. The van der Waals surface area contributed by atoms with Gasteiger partial charge < -0.3 is 19.9 Å². The molecule has 0 spiro atoms. The van der Waals surface area contributed by atoms with E-state index in [2.05, 4.69) is 49.1 Å². The van der Waals surface area contributed by atoms with Gasteiger partial charge in [0.05, 0.1) is 6.61 Å². The van der Waals surface area contributed by atoms with Crippen LogP contribution in [0.3, 0.4) is 0 Å². The van der Waals surface area contributed by atoms with E-state index < -0.39 is 0 Å². The van der Waals surface area contributed by atoms with Gasteiger partial charge in [0.15, 0.2) is 5.96 Å². The second kappa shape index (κ2) is 9.75. The van der Waals surface area contributed by atoms with E-state index in [9.17, 15) is 0 Å². The lowest BCUT2D eigenvalue weighted by Crippen LogP contribution is -2.52. The highest BCUT2D eigenvalue weighted by molar-refractivity contribution is 5.80. The Morgan fingerprint density at radius 3 is 2.63 bits per heavy atom. The zero-order valence-corrected chi connectivity index (χ0v) is 16.1. The van der Waals surface area contributed by atoms with Crippen molar-refractivity contribution >= 4 is 11.9 Å². The van der Waals surface area contributed by atoms with Gasteiger partial charge in [-0.05, 0) is 30.2 Å². The van der Waals surface area contributed by atoms with E-state index in [4.69, 9.17) is 4.74 Å². The molecule has 0 aliphatic carbocycles. The van der Waals surface area contributed by atoms with Crippen LogP contribution in [0.1, 0.15) is 18.9 Å². The molecular weight excluding hydrogens is 340 g/mol. The fourth-order valence-corrected chi connectivity index (χ4v) is 3.05. The minimum absolute atomic E-state index is 0.720. The molecule has 7 nitrogen and oxygen atoms in total. The molecule has 1 saturated heterocycles. The summed E-state index contributed by atoms with van der Waals surface area (Å²) < 4.78 is 5.71. The molecule has 1 aromatic carbocycles. The van der Waals surface area contributed by atoms with Gasteiger partial charge in [-0.3, -0.25) is 4.99 Å². The van der Waals surface area contributed by atoms with Crippen molar-refractivity contribution in [2.45, 2.75) is 19.9 Å². The predicted molar refractivity (Wildman–Crippen MR) is 108 cm³/mol. The first-order valence-corrected chi connectivity index (χ1v) is 9.49. The van der Waals surface area contributed by atoms with E-state index >= 15 is 0 Å². The Kier molecular flexibility index (Phi) is 6.84. The largest absolute Gasteiger partial charge is 0.494 e. The van der Waals surface area contributed by atoms with E-state index in [0.29, 0.717) is 0 Å². The van der Waals surface area contributed by atoms with Crippen LogP contribution in [0.5, 0.6) is 5.75 Å². The highest BCUT2D eigenvalue weighted by atomic mass is 16.5. The second-order valence-electron chi connectivity index (χ2n) is 6.42. The number of ether oxygens (including phenoxy) is 1. The molecule has 0 amide bonds. The third-order valence-corrected chi connectivity index (χ3v) is 4.45. The molecule has 0 bridgehead atoms. The molecule has 0 radical (unpaired) electrons. The minimum Gasteiger partial charge on any atom is -0.494 e. The van der Waals surface area contributed by atoms with E-state index in [1.807, 2.05) is 25.2 Å². The number of hydrogen-bond acceptors (Lipinski definition) is 5. The van der Waals surface area contributed by atoms with Crippen molar-refractivity contribution in [3.63, 3.8) is 0 Å². The number of anilines is 1. The van der Waals surface area contributed by atoms with Crippen LogP contribution >= 0.6 is 0 Å². The van der Waals surface area contributed by atoms with Crippen LogP contribution in [0.25, 0.3) is 0 Å². The normalized spacial score (nSPS) is 15.0. The molecule has 2 heterocycles. The van der Waals surface area contributed by atoms with Gasteiger partial charge in [-0.25, -0.2) is 9.97 Å². The van der Waals surface area contributed by atoms with Crippen molar-refractivity contribution in [1.29, 1.82) is 0 Å². The number of nitrogens with zero attached hydrogens (tertiary/aromatic N) is 5. The van der Waals surface area contributed by atoms with Gasteiger partial charge in [-0.2, -0.15) is 0 Å². The highest BCUT2D eigenvalue weighted by Crippen LogP contribution is 2.14. The predicted octanol–water partition coefficient (Wildman–Crippen LogP) is 2.16. The molecule has 0 atom stereocenters. The van der Waals surface area contributed by atoms with Crippen LogP contribution in [-0.4, -0.2) is 60.7 Å². The number of hydrogen-bond donors (Lipinski definition) is 1. The molecule has 144 valence electrons. The Morgan fingerprint density at radius 2 is 1.93 bits per heavy atom. The lowest BCUT2D eigenvalue weighted by molar-refractivity contribution is 0.317. The summed E-state index contributed by atoms with van der Waals surface area (Å²) in [6.45, 7) is 7.11. The summed E-state index contributed by atoms with van der Waals surface area (Å²) in [5.74, 6) is 2.63. The van der Waals surface area contributed by atoms with Crippen LogP contribution < -0.4 is 15.0 Å². The molecule has 1 aliphatic rings. The number of benzene rings is 1. The zero-order valence-electron chi connectivity index (χ0n) is 16.1. The summed E-state index contributed by atoms with van der Waals surface area (Å²) in [6, 6.07) is 10.1. The third-order valence-electron chi connectivity index (χ3n) is 4.45. The summed E-state index contributed by atoms with van der Waals surface area (Å²) >= 11 is 0. The van der Waals surface area contributed by atoms with E-state index in [1.165, 1.54) is 5.56 Å². The molecule has 7 heteroatoms. The summed E-state index contributed by atoms with van der Waals surface area (Å²) in [5.41, 5.74) is 1.18. The molecular formula is C20H28N6O. The number of nitrogens with one attached hydrogen (secondary N) is 1. The first kappa shape index (κ1) is 18.9. The average Bonchev–Trinajstić information content (AvgIpc) is 2.74. The smallest absolute Gasteiger partial charge is 0.225 e. The van der Waals surface area contributed by atoms with Crippen LogP contribution in [0, 0.1) is 0 Å². The number of rotatable bonds is 6. The van der Waals surface area contributed by atoms with Gasteiger partial charge in [0.1, 0.15) is 5.75 Å². The Bertz CT molecular complexity index is 728. The standard InChI is InChI=1S/C20H28N6O/c1-3-14-27-18-7-4-6-17(15-18)16-24-19(21-2)25-10-12-26(13-11-25)20-22-8-5-9-23-20/h4-9,15H,3,10-14,16H2,1-2H3,(H,21,24). The monoisotopic (exact) mass is 368 g/mol. The molecule has 1 fully saturated rings. The van der Waals surface area contributed by atoms with Crippen LogP contribution in [0.2, 0.25) is 0 Å². The molecule has 1 N–H and O–H groups in total. The van der Waals surface area contributed by atoms with Gasteiger partial charge >= 0.3 is 0 Å². The van der Waals surface area contributed by atoms with Gasteiger partial charge in [-0.15, -0.1) is 0 Å². The topological polar surface area (TPSA) is 65.9 Å². The number of guanidine groups is 1. The van der Waals surface area contributed by atoms with Crippen LogP contribution in [0.4, 0.5) is 5.95 Å². The Balaban J connectivity index is 1.51. The molecule has 1 aliphatic heterocycles. The first-order valence-electron chi connectivity index (χ1n) is 9.49. The number of aromatic nitrogens is 2. The zero-order chi connectivity index (χ0) is 18.9. The van der Waals surface area contributed by atoms with Crippen molar-refractivity contribution < 1.29 is 4.74 Å². The molecule has 1 aromatic heterocycles. The fraction of sp³-hybridized carbons (Fsp3) is 0.450. The Labute approximate surface area is 161 Å². The van der Waals surface area contributed by atoms with Crippen LogP contribution in [0.15, 0.2) is 47.7 Å². The van der Waals surface area contributed by atoms with Gasteiger partial charge in [0, 0.05) is 52.2 Å². The van der Waals surface area contributed by atoms with E-state index in [1.54, 1.807) is 12.4 Å². The van der Waals surface area contributed by atoms with E-state index in [-0.39, 0.29) is 0 Å². The van der Waals surface area contributed by atoms with Crippen molar-refractivity contribution in [2.75, 3.05) is 44.7 Å². The second-order valence-corrected chi connectivity index (χ2v) is 6.42. The maximum Gasteiger partial charge on any atom is 0.225 e. The highest BCUT2D eigenvalue weighted by Gasteiger charge is 2.20.